The fourth-order valence-electron chi connectivity index (χ4n) is 2.87. The Hall–Kier alpha value is -2.57. The highest BCUT2D eigenvalue weighted by atomic mass is 16.5. The Labute approximate surface area is 168 Å². The van der Waals surface area contributed by atoms with Gasteiger partial charge in [0.05, 0.1) is 13.7 Å². The maximum absolute atomic E-state index is 5.21. The summed E-state index contributed by atoms with van der Waals surface area (Å²) in [5, 5.41) is 15.0. The minimum absolute atomic E-state index is 0.626. The molecule has 0 radical (unpaired) electrons. The van der Waals surface area contributed by atoms with Crippen molar-refractivity contribution in [3.63, 3.8) is 0 Å². The first-order valence-corrected chi connectivity index (χ1v) is 10.3. The maximum Gasteiger partial charge on any atom is 0.191 e. The van der Waals surface area contributed by atoms with E-state index < -0.39 is 0 Å². The van der Waals surface area contributed by atoms with Crippen molar-refractivity contribution in [2.75, 3.05) is 20.2 Å². The van der Waals surface area contributed by atoms with Crippen LogP contribution in [0.5, 0.6) is 5.75 Å². The number of methoxy groups -OCH3 is 1. The minimum atomic E-state index is 0.626. The lowest BCUT2D eigenvalue weighted by molar-refractivity contribution is 0.414. The molecule has 0 amide bonds. The predicted octanol–water partition coefficient (Wildman–Crippen LogP) is 3.16. The van der Waals surface area contributed by atoms with Gasteiger partial charge in [0.25, 0.3) is 0 Å². The third-order valence-electron chi connectivity index (χ3n) is 4.56. The van der Waals surface area contributed by atoms with Crippen molar-refractivity contribution in [1.82, 2.24) is 25.4 Å². The van der Waals surface area contributed by atoms with Gasteiger partial charge in [-0.25, -0.2) is 4.99 Å². The number of ether oxygens (including phenoxy) is 1. The van der Waals surface area contributed by atoms with Gasteiger partial charge in [-0.1, -0.05) is 45.2 Å². The van der Waals surface area contributed by atoms with Crippen LogP contribution in [0, 0.1) is 0 Å². The Kier molecular flexibility index (Phi) is 9.89. The Morgan fingerprint density at radius 2 is 1.86 bits per heavy atom. The van der Waals surface area contributed by atoms with Gasteiger partial charge in [0.1, 0.15) is 17.9 Å². The molecule has 7 heteroatoms. The van der Waals surface area contributed by atoms with Crippen molar-refractivity contribution < 1.29 is 4.74 Å². The van der Waals surface area contributed by atoms with E-state index in [0.717, 1.165) is 55.6 Å². The van der Waals surface area contributed by atoms with Gasteiger partial charge in [0.15, 0.2) is 5.96 Å². The van der Waals surface area contributed by atoms with Gasteiger partial charge in [-0.05, 0) is 24.1 Å². The fourth-order valence-corrected chi connectivity index (χ4v) is 2.87. The Morgan fingerprint density at radius 1 is 1.07 bits per heavy atom. The van der Waals surface area contributed by atoms with Gasteiger partial charge in [0, 0.05) is 26.1 Å². The van der Waals surface area contributed by atoms with Crippen LogP contribution in [0.1, 0.15) is 50.9 Å². The lowest BCUT2D eigenvalue weighted by Gasteiger charge is -2.13. The predicted molar refractivity (Wildman–Crippen MR) is 114 cm³/mol. The average molecular weight is 387 g/mol. The molecule has 0 bridgehead atoms. The minimum Gasteiger partial charge on any atom is -0.497 e. The molecule has 0 fully saturated rings. The zero-order valence-corrected chi connectivity index (χ0v) is 17.4. The molecule has 0 saturated carbocycles. The Balaban J connectivity index is 1.88. The molecule has 0 spiro atoms. The highest BCUT2D eigenvalue weighted by Gasteiger charge is 2.03. The van der Waals surface area contributed by atoms with E-state index in [1.54, 1.807) is 13.4 Å². The highest BCUT2D eigenvalue weighted by molar-refractivity contribution is 5.79. The number of unbranched alkanes of at least 4 members (excludes halogenated alkanes) is 3. The maximum atomic E-state index is 5.21. The van der Waals surface area contributed by atoms with E-state index in [1.165, 1.54) is 19.3 Å². The molecule has 1 heterocycles. The second-order valence-corrected chi connectivity index (χ2v) is 6.72. The summed E-state index contributed by atoms with van der Waals surface area (Å²) in [6, 6.07) is 8.03. The molecule has 0 saturated heterocycles. The Bertz CT molecular complexity index is 695. The summed E-state index contributed by atoms with van der Waals surface area (Å²) in [5.41, 5.74) is 1.15. The van der Waals surface area contributed by atoms with Crippen molar-refractivity contribution in [1.29, 1.82) is 0 Å². The van der Waals surface area contributed by atoms with Gasteiger partial charge in [-0.3, -0.25) is 0 Å². The van der Waals surface area contributed by atoms with Crippen molar-refractivity contribution in [2.24, 2.45) is 4.99 Å². The van der Waals surface area contributed by atoms with Crippen LogP contribution < -0.4 is 15.4 Å². The zero-order valence-electron chi connectivity index (χ0n) is 17.4. The lowest BCUT2D eigenvalue weighted by atomic mass is 10.2. The van der Waals surface area contributed by atoms with E-state index in [2.05, 4.69) is 39.2 Å². The van der Waals surface area contributed by atoms with Crippen LogP contribution >= 0.6 is 0 Å². The number of hydrogen-bond acceptors (Lipinski definition) is 4. The number of nitrogens with zero attached hydrogens (tertiary/aromatic N) is 4. The second kappa shape index (κ2) is 12.8. The number of nitrogens with one attached hydrogen (secondary N) is 2. The molecule has 1 aromatic heterocycles. The SMILES string of the molecule is CCCCCCNC(=NCc1ccc(OC)cc1)NCCn1cnnc1CC. The quantitative estimate of drug-likeness (QED) is 0.333. The normalized spacial score (nSPS) is 11.5. The zero-order chi connectivity index (χ0) is 20.0. The first-order valence-electron chi connectivity index (χ1n) is 10.3. The summed E-state index contributed by atoms with van der Waals surface area (Å²) in [4.78, 5) is 4.74. The summed E-state index contributed by atoms with van der Waals surface area (Å²) in [7, 11) is 1.68. The molecule has 2 aromatic rings. The number of hydrogen-bond donors (Lipinski definition) is 2. The van der Waals surface area contributed by atoms with Gasteiger partial charge in [-0.2, -0.15) is 0 Å². The summed E-state index contributed by atoms with van der Waals surface area (Å²) in [5.74, 6) is 2.71. The van der Waals surface area contributed by atoms with Gasteiger partial charge >= 0.3 is 0 Å². The highest BCUT2D eigenvalue weighted by Crippen LogP contribution is 2.11. The molecule has 0 unspecified atom stereocenters. The van der Waals surface area contributed by atoms with Crippen molar-refractivity contribution in [3.05, 3.63) is 42.0 Å². The van der Waals surface area contributed by atoms with Crippen LogP contribution in [0.25, 0.3) is 0 Å². The van der Waals surface area contributed by atoms with E-state index in [4.69, 9.17) is 9.73 Å². The fraction of sp³-hybridized carbons (Fsp3) is 0.571. The average Bonchev–Trinajstić information content (AvgIpc) is 3.19. The number of aryl methyl sites for hydroxylation is 1. The standard InChI is InChI=1S/C21H34N6O/c1-4-6-7-8-13-22-21(23-14-15-27-17-25-26-20(27)5-2)24-16-18-9-11-19(28-3)12-10-18/h9-12,17H,4-8,13-16H2,1-3H3,(H2,22,23,24). The molecule has 2 rings (SSSR count). The van der Waals surface area contributed by atoms with Crippen LogP contribution in [0.2, 0.25) is 0 Å². The topological polar surface area (TPSA) is 76.4 Å². The van der Waals surface area contributed by atoms with Crippen molar-refractivity contribution in [2.45, 2.75) is 59.0 Å². The summed E-state index contributed by atoms with van der Waals surface area (Å²) >= 11 is 0. The van der Waals surface area contributed by atoms with Crippen molar-refractivity contribution in [3.8, 4) is 5.75 Å². The summed E-state index contributed by atoms with van der Waals surface area (Å²) < 4.78 is 7.29. The number of aromatic nitrogens is 3. The third-order valence-corrected chi connectivity index (χ3v) is 4.56. The molecule has 28 heavy (non-hydrogen) atoms. The van der Waals surface area contributed by atoms with Crippen LogP contribution in [0.15, 0.2) is 35.6 Å². The summed E-state index contributed by atoms with van der Waals surface area (Å²) in [6.45, 7) is 7.46. The molecule has 7 nitrogen and oxygen atoms in total. The largest absolute Gasteiger partial charge is 0.497 e. The van der Waals surface area contributed by atoms with Gasteiger partial charge in [0.2, 0.25) is 0 Å². The molecule has 0 aliphatic heterocycles. The smallest absolute Gasteiger partial charge is 0.191 e. The molecule has 0 aliphatic carbocycles. The first-order chi connectivity index (χ1) is 13.8. The molecular formula is C21H34N6O. The Morgan fingerprint density at radius 3 is 2.57 bits per heavy atom. The molecule has 1 aromatic carbocycles. The third kappa shape index (κ3) is 7.58. The van der Waals surface area contributed by atoms with Crippen LogP contribution in [-0.2, 0) is 19.5 Å². The lowest BCUT2D eigenvalue weighted by Crippen LogP contribution is -2.39. The second-order valence-electron chi connectivity index (χ2n) is 6.72. The van der Waals surface area contributed by atoms with Crippen molar-refractivity contribution >= 4 is 5.96 Å². The van der Waals surface area contributed by atoms with E-state index in [0.29, 0.717) is 6.54 Å². The summed E-state index contributed by atoms with van der Waals surface area (Å²) in [6.07, 6.45) is 7.59. The van der Waals surface area contributed by atoms with E-state index in [9.17, 15) is 0 Å². The molecule has 0 atom stereocenters. The molecular weight excluding hydrogens is 352 g/mol. The number of aliphatic imine (C=N–C) groups is 1. The number of rotatable bonds is 12. The van der Waals surface area contributed by atoms with Crippen LogP contribution in [-0.4, -0.2) is 40.9 Å². The van der Waals surface area contributed by atoms with Crippen LogP contribution in [0.4, 0.5) is 0 Å². The number of benzene rings is 1. The van der Waals surface area contributed by atoms with E-state index in [1.807, 2.05) is 24.3 Å². The number of guanidine groups is 1. The van der Waals surface area contributed by atoms with Gasteiger partial charge < -0.3 is 19.9 Å². The van der Waals surface area contributed by atoms with Crippen LogP contribution in [0.3, 0.4) is 0 Å². The molecule has 2 N–H and O–H groups in total. The van der Waals surface area contributed by atoms with E-state index in [-0.39, 0.29) is 0 Å². The first kappa shape index (κ1) is 21.7. The van der Waals surface area contributed by atoms with E-state index >= 15 is 0 Å². The molecule has 0 aliphatic rings. The molecule has 154 valence electrons. The van der Waals surface area contributed by atoms with Gasteiger partial charge in [-0.15, -0.1) is 10.2 Å². The monoisotopic (exact) mass is 386 g/mol.